The van der Waals surface area contributed by atoms with Crippen LogP contribution in [0.2, 0.25) is 0 Å². The molecule has 1 aromatic carbocycles. The number of carbonyl (C=O) groups excluding carboxylic acids is 2. The van der Waals surface area contributed by atoms with Crippen molar-refractivity contribution < 1.29 is 24.2 Å². The number of carboxylic acid groups (broad SMARTS) is 1. The van der Waals surface area contributed by atoms with E-state index in [1.165, 1.54) is 6.07 Å². The summed E-state index contributed by atoms with van der Waals surface area (Å²) in [7, 11) is 1.69. The first-order valence-electron chi connectivity index (χ1n) is 8.34. The van der Waals surface area contributed by atoms with Gasteiger partial charge in [0.2, 0.25) is 0 Å². The number of hydrogen-bond acceptors (Lipinski definition) is 4. The molecule has 7 heteroatoms. The third-order valence-corrected chi connectivity index (χ3v) is 4.68. The van der Waals surface area contributed by atoms with Gasteiger partial charge >= 0.3 is 5.97 Å². The van der Waals surface area contributed by atoms with Crippen LogP contribution in [0, 0.1) is 5.41 Å². The van der Waals surface area contributed by atoms with Crippen molar-refractivity contribution in [3.63, 3.8) is 0 Å². The summed E-state index contributed by atoms with van der Waals surface area (Å²) in [6.45, 7) is 3.22. The minimum Gasteiger partial charge on any atom is -0.481 e. The number of amides is 2. The molecule has 1 heterocycles. The molecule has 1 fully saturated rings. The highest BCUT2D eigenvalue weighted by molar-refractivity contribution is 5.99. The highest BCUT2D eigenvalue weighted by Crippen LogP contribution is 2.30. The topological polar surface area (TPSA) is 95.9 Å². The SMILES string of the molecule is CCN(C)C(=O)c1cccc(C(=O)NCC2(C(=O)O)CCOCC2)c1. The average Bonchev–Trinajstić information content (AvgIpc) is 2.65. The van der Waals surface area contributed by atoms with Crippen LogP contribution in [-0.4, -0.2) is 61.1 Å². The van der Waals surface area contributed by atoms with Gasteiger partial charge < -0.3 is 20.1 Å². The Labute approximate surface area is 147 Å². The molecule has 0 spiro atoms. The number of ether oxygens (including phenoxy) is 1. The Bertz CT molecular complexity index is 653. The third-order valence-electron chi connectivity index (χ3n) is 4.68. The Kier molecular flexibility index (Phi) is 6.14. The molecule has 0 radical (unpaired) electrons. The Hall–Kier alpha value is -2.41. The van der Waals surface area contributed by atoms with E-state index in [1.54, 1.807) is 30.1 Å². The summed E-state index contributed by atoms with van der Waals surface area (Å²) in [6.07, 6.45) is 0.727. The van der Waals surface area contributed by atoms with E-state index in [9.17, 15) is 19.5 Å². The van der Waals surface area contributed by atoms with Crippen molar-refractivity contribution >= 4 is 17.8 Å². The lowest BCUT2D eigenvalue weighted by molar-refractivity contribution is -0.154. The maximum Gasteiger partial charge on any atom is 0.311 e. The van der Waals surface area contributed by atoms with Gasteiger partial charge in [-0.15, -0.1) is 0 Å². The van der Waals surface area contributed by atoms with Crippen LogP contribution < -0.4 is 5.32 Å². The van der Waals surface area contributed by atoms with Gasteiger partial charge in [-0.3, -0.25) is 14.4 Å². The van der Waals surface area contributed by atoms with Gasteiger partial charge in [0, 0.05) is 44.5 Å². The molecule has 2 N–H and O–H groups in total. The number of aliphatic carboxylic acids is 1. The van der Waals surface area contributed by atoms with Crippen LogP contribution in [0.3, 0.4) is 0 Å². The smallest absolute Gasteiger partial charge is 0.311 e. The van der Waals surface area contributed by atoms with Gasteiger partial charge in [0.05, 0.1) is 5.41 Å². The van der Waals surface area contributed by atoms with Crippen LogP contribution in [0.5, 0.6) is 0 Å². The lowest BCUT2D eigenvalue weighted by atomic mass is 9.80. The number of nitrogens with zero attached hydrogens (tertiary/aromatic N) is 1. The molecule has 0 bridgehead atoms. The van der Waals surface area contributed by atoms with Crippen LogP contribution in [0.25, 0.3) is 0 Å². The first kappa shape index (κ1) is 18.9. The van der Waals surface area contributed by atoms with Crippen molar-refractivity contribution in [3.05, 3.63) is 35.4 Å². The average molecular weight is 348 g/mol. The summed E-state index contributed by atoms with van der Waals surface area (Å²) < 4.78 is 5.22. The minimum atomic E-state index is -0.996. The summed E-state index contributed by atoms with van der Waals surface area (Å²) in [4.78, 5) is 37.8. The summed E-state index contributed by atoms with van der Waals surface area (Å²) in [5.41, 5.74) is -0.233. The van der Waals surface area contributed by atoms with Crippen LogP contribution in [0.4, 0.5) is 0 Å². The quantitative estimate of drug-likeness (QED) is 0.810. The number of benzene rings is 1. The van der Waals surface area contributed by atoms with Crippen LogP contribution in [0.1, 0.15) is 40.5 Å². The standard InChI is InChI=1S/C18H24N2O5/c1-3-20(2)16(22)14-6-4-5-13(11-14)15(21)19-12-18(17(23)24)7-9-25-10-8-18/h4-6,11H,3,7-10,12H2,1-2H3,(H,19,21)(H,23,24). The van der Waals surface area contributed by atoms with Crippen molar-refractivity contribution in [1.82, 2.24) is 10.2 Å². The Morgan fingerprint density at radius 3 is 2.48 bits per heavy atom. The molecule has 0 saturated carbocycles. The zero-order chi connectivity index (χ0) is 18.4. The second kappa shape index (κ2) is 8.11. The van der Waals surface area contributed by atoms with Gasteiger partial charge in [-0.05, 0) is 38.0 Å². The van der Waals surface area contributed by atoms with Gasteiger partial charge in [-0.1, -0.05) is 6.07 Å². The molecule has 136 valence electrons. The summed E-state index contributed by atoms with van der Waals surface area (Å²) in [6, 6.07) is 6.44. The molecule has 0 aliphatic carbocycles. The number of carboxylic acids is 1. The first-order valence-corrected chi connectivity index (χ1v) is 8.34. The summed E-state index contributed by atoms with van der Waals surface area (Å²) in [5, 5.41) is 12.2. The monoisotopic (exact) mass is 348 g/mol. The predicted molar refractivity (Wildman–Crippen MR) is 91.5 cm³/mol. The fourth-order valence-electron chi connectivity index (χ4n) is 2.74. The molecular formula is C18H24N2O5. The summed E-state index contributed by atoms with van der Waals surface area (Å²) >= 11 is 0. The van der Waals surface area contributed by atoms with Gasteiger partial charge in [0.1, 0.15) is 0 Å². The molecule has 1 aromatic rings. The van der Waals surface area contributed by atoms with E-state index in [4.69, 9.17) is 4.74 Å². The number of hydrogen-bond donors (Lipinski definition) is 2. The van der Waals surface area contributed by atoms with E-state index in [2.05, 4.69) is 5.32 Å². The molecule has 2 rings (SSSR count). The van der Waals surface area contributed by atoms with E-state index >= 15 is 0 Å². The van der Waals surface area contributed by atoms with Crippen LogP contribution in [0.15, 0.2) is 24.3 Å². The molecule has 0 aromatic heterocycles. The Balaban J connectivity index is 2.08. The molecule has 0 atom stereocenters. The van der Waals surface area contributed by atoms with E-state index in [0.29, 0.717) is 43.7 Å². The van der Waals surface area contributed by atoms with Crippen molar-refractivity contribution in [2.75, 3.05) is 33.4 Å². The highest BCUT2D eigenvalue weighted by Gasteiger charge is 2.40. The molecule has 1 aliphatic rings. The van der Waals surface area contributed by atoms with Gasteiger partial charge in [0.25, 0.3) is 11.8 Å². The van der Waals surface area contributed by atoms with Crippen LogP contribution in [-0.2, 0) is 9.53 Å². The number of carbonyl (C=O) groups is 3. The highest BCUT2D eigenvalue weighted by atomic mass is 16.5. The zero-order valence-corrected chi connectivity index (χ0v) is 14.6. The number of rotatable bonds is 6. The first-order chi connectivity index (χ1) is 11.9. The van der Waals surface area contributed by atoms with Crippen molar-refractivity contribution in [1.29, 1.82) is 0 Å². The molecule has 1 saturated heterocycles. The maximum absolute atomic E-state index is 12.4. The van der Waals surface area contributed by atoms with Crippen molar-refractivity contribution in [2.24, 2.45) is 5.41 Å². The van der Waals surface area contributed by atoms with E-state index in [0.717, 1.165) is 0 Å². The normalized spacial score (nSPS) is 16.1. The second-order valence-electron chi connectivity index (χ2n) is 6.28. The third kappa shape index (κ3) is 4.36. The van der Waals surface area contributed by atoms with Gasteiger partial charge in [-0.25, -0.2) is 0 Å². The fourth-order valence-corrected chi connectivity index (χ4v) is 2.74. The number of nitrogens with one attached hydrogen (secondary N) is 1. The molecule has 2 amide bonds. The Morgan fingerprint density at radius 2 is 1.88 bits per heavy atom. The van der Waals surface area contributed by atoms with E-state index in [-0.39, 0.29) is 18.4 Å². The largest absolute Gasteiger partial charge is 0.481 e. The van der Waals surface area contributed by atoms with Crippen molar-refractivity contribution in [2.45, 2.75) is 19.8 Å². The fraction of sp³-hybridized carbons (Fsp3) is 0.500. The van der Waals surface area contributed by atoms with Crippen molar-refractivity contribution in [3.8, 4) is 0 Å². The van der Waals surface area contributed by atoms with Gasteiger partial charge in [-0.2, -0.15) is 0 Å². The summed E-state index contributed by atoms with van der Waals surface area (Å²) in [5.74, 6) is -1.48. The molecule has 0 unspecified atom stereocenters. The lowest BCUT2D eigenvalue weighted by Gasteiger charge is -2.33. The lowest BCUT2D eigenvalue weighted by Crippen LogP contribution is -2.46. The minimum absolute atomic E-state index is 0.0392. The van der Waals surface area contributed by atoms with E-state index in [1.807, 2.05) is 6.92 Å². The van der Waals surface area contributed by atoms with Gasteiger partial charge in [0.15, 0.2) is 0 Å². The molecule has 1 aliphatic heterocycles. The van der Waals surface area contributed by atoms with E-state index < -0.39 is 11.4 Å². The molecular weight excluding hydrogens is 324 g/mol. The Morgan fingerprint density at radius 1 is 1.24 bits per heavy atom. The molecule has 7 nitrogen and oxygen atoms in total. The molecule has 25 heavy (non-hydrogen) atoms. The zero-order valence-electron chi connectivity index (χ0n) is 14.6. The van der Waals surface area contributed by atoms with Crippen LogP contribution >= 0.6 is 0 Å². The maximum atomic E-state index is 12.4. The predicted octanol–water partition coefficient (Wildman–Crippen LogP) is 1.39. The second-order valence-corrected chi connectivity index (χ2v) is 6.28.